The van der Waals surface area contributed by atoms with Gasteiger partial charge in [0.1, 0.15) is 5.60 Å². The van der Waals surface area contributed by atoms with Crippen LogP contribution in [0.15, 0.2) is 18.3 Å². The van der Waals surface area contributed by atoms with Crippen LogP contribution in [-0.2, 0) is 11.2 Å². The van der Waals surface area contributed by atoms with Crippen LogP contribution in [0.3, 0.4) is 0 Å². The van der Waals surface area contributed by atoms with Crippen molar-refractivity contribution in [3.63, 3.8) is 0 Å². The van der Waals surface area contributed by atoms with E-state index in [9.17, 15) is 4.79 Å². The summed E-state index contributed by atoms with van der Waals surface area (Å²) in [6.45, 7) is 5.68. The summed E-state index contributed by atoms with van der Waals surface area (Å²) in [6.07, 6.45) is 9.31. The van der Waals surface area contributed by atoms with Gasteiger partial charge in [0.15, 0.2) is 0 Å². The van der Waals surface area contributed by atoms with E-state index in [4.69, 9.17) is 4.74 Å². The van der Waals surface area contributed by atoms with Crippen molar-refractivity contribution in [2.45, 2.75) is 89.4 Å². The molecule has 1 aromatic heterocycles. The first-order valence-corrected chi connectivity index (χ1v) is 9.60. The maximum atomic E-state index is 11.9. The monoisotopic (exact) mass is 345 g/mol. The third-order valence-corrected chi connectivity index (χ3v) is 5.08. The van der Waals surface area contributed by atoms with Crippen molar-refractivity contribution in [1.29, 1.82) is 0 Å². The lowest BCUT2D eigenvalue weighted by atomic mass is 9.87. The van der Waals surface area contributed by atoms with Gasteiger partial charge in [-0.15, -0.1) is 0 Å². The second-order valence-corrected chi connectivity index (χ2v) is 8.35. The molecule has 138 valence electrons. The van der Waals surface area contributed by atoms with Gasteiger partial charge < -0.3 is 15.4 Å². The average Bonchev–Trinajstić information content (AvgIpc) is 2.55. The second kappa shape index (κ2) is 7.73. The third kappa shape index (κ3) is 5.18. The van der Waals surface area contributed by atoms with Gasteiger partial charge in [-0.25, -0.2) is 4.79 Å². The predicted molar refractivity (Wildman–Crippen MR) is 98.5 cm³/mol. The fourth-order valence-electron chi connectivity index (χ4n) is 3.93. The van der Waals surface area contributed by atoms with Crippen LogP contribution >= 0.6 is 0 Å². The number of aryl methyl sites for hydroxylation is 1. The Balaban J connectivity index is 1.47. The van der Waals surface area contributed by atoms with Crippen LogP contribution in [0.2, 0.25) is 0 Å². The van der Waals surface area contributed by atoms with Gasteiger partial charge in [-0.1, -0.05) is 6.07 Å². The number of aromatic nitrogens is 1. The fraction of sp³-hybridized carbons (Fsp3) is 0.700. The van der Waals surface area contributed by atoms with E-state index in [0.29, 0.717) is 12.1 Å². The van der Waals surface area contributed by atoms with E-state index in [1.54, 1.807) is 0 Å². The Hall–Kier alpha value is -1.62. The molecule has 1 amide bonds. The number of alkyl carbamates (subject to hydrolysis) is 1. The highest BCUT2D eigenvalue weighted by Gasteiger charge is 2.28. The third-order valence-electron chi connectivity index (χ3n) is 5.08. The number of carbonyl (C=O) groups excluding carboxylic acids is 1. The Kier molecular flexibility index (Phi) is 5.62. The zero-order chi connectivity index (χ0) is 17.9. The lowest BCUT2D eigenvalue weighted by molar-refractivity contribution is 0.0489. The topological polar surface area (TPSA) is 63.2 Å². The number of nitrogens with zero attached hydrogens (tertiary/aromatic N) is 1. The molecule has 1 heterocycles. The van der Waals surface area contributed by atoms with E-state index in [2.05, 4.69) is 21.7 Å². The molecule has 0 aromatic carbocycles. The fourth-order valence-corrected chi connectivity index (χ4v) is 3.93. The van der Waals surface area contributed by atoms with Gasteiger partial charge in [0, 0.05) is 24.3 Å². The van der Waals surface area contributed by atoms with Crippen molar-refractivity contribution in [2.75, 3.05) is 0 Å². The standard InChI is InChI=1S/C20H31N3O2/c1-20(2,3)25-19(24)23-16-11-9-15(10-12-16)22-17-8-4-6-14-7-5-13-21-18(14)17/h5,7,13,15-17,22H,4,6,8-12H2,1-3H3,(H,23,24)/t15?,16?,17-/m1/s1. The van der Waals surface area contributed by atoms with Gasteiger partial charge in [-0.05, 0) is 77.3 Å². The van der Waals surface area contributed by atoms with Gasteiger partial charge in [-0.3, -0.25) is 4.98 Å². The van der Waals surface area contributed by atoms with E-state index >= 15 is 0 Å². The van der Waals surface area contributed by atoms with Crippen LogP contribution in [0.5, 0.6) is 0 Å². The molecule has 0 aliphatic heterocycles. The number of carbonyl (C=O) groups is 1. The number of hydrogen-bond donors (Lipinski definition) is 2. The lowest BCUT2D eigenvalue weighted by Gasteiger charge is -2.34. The van der Waals surface area contributed by atoms with Crippen molar-refractivity contribution >= 4 is 6.09 Å². The van der Waals surface area contributed by atoms with Crippen LogP contribution in [-0.4, -0.2) is 28.8 Å². The Bertz CT molecular complexity index is 589. The van der Waals surface area contributed by atoms with Crippen LogP contribution in [0.4, 0.5) is 4.79 Å². The molecule has 0 bridgehead atoms. The lowest BCUT2D eigenvalue weighted by Crippen LogP contribution is -2.45. The highest BCUT2D eigenvalue weighted by atomic mass is 16.6. The molecule has 0 radical (unpaired) electrons. The molecule has 25 heavy (non-hydrogen) atoms. The summed E-state index contributed by atoms with van der Waals surface area (Å²) >= 11 is 0. The van der Waals surface area contributed by atoms with Crippen LogP contribution in [0.25, 0.3) is 0 Å². The van der Waals surface area contributed by atoms with Crippen molar-refractivity contribution in [3.8, 4) is 0 Å². The van der Waals surface area contributed by atoms with Crippen molar-refractivity contribution in [2.24, 2.45) is 0 Å². The number of ether oxygens (including phenoxy) is 1. The van der Waals surface area contributed by atoms with Gasteiger partial charge in [0.25, 0.3) is 0 Å². The van der Waals surface area contributed by atoms with E-state index in [1.807, 2.05) is 33.0 Å². The normalized spacial score (nSPS) is 26.6. The van der Waals surface area contributed by atoms with Gasteiger partial charge in [0.2, 0.25) is 0 Å². The predicted octanol–water partition coefficient (Wildman–Crippen LogP) is 3.88. The Morgan fingerprint density at radius 3 is 2.60 bits per heavy atom. The average molecular weight is 345 g/mol. The summed E-state index contributed by atoms with van der Waals surface area (Å²) in [5, 5.41) is 6.83. The van der Waals surface area contributed by atoms with Crippen LogP contribution in [0.1, 0.15) is 76.6 Å². The summed E-state index contributed by atoms with van der Waals surface area (Å²) in [6, 6.07) is 5.36. The number of hydrogen-bond acceptors (Lipinski definition) is 4. The van der Waals surface area contributed by atoms with E-state index in [0.717, 1.165) is 32.1 Å². The van der Waals surface area contributed by atoms with Crippen molar-refractivity contribution in [1.82, 2.24) is 15.6 Å². The highest BCUT2D eigenvalue weighted by Crippen LogP contribution is 2.30. The largest absolute Gasteiger partial charge is 0.444 e. The molecule has 1 atom stereocenters. The van der Waals surface area contributed by atoms with E-state index in [1.165, 1.54) is 24.1 Å². The molecule has 5 nitrogen and oxygen atoms in total. The van der Waals surface area contributed by atoms with Crippen LogP contribution in [0, 0.1) is 0 Å². The van der Waals surface area contributed by atoms with E-state index < -0.39 is 5.60 Å². The van der Waals surface area contributed by atoms with Gasteiger partial charge >= 0.3 is 6.09 Å². The zero-order valence-electron chi connectivity index (χ0n) is 15.7. The highest BCUT2D eigenvalue weighted by molar-refractivity contribution is 5.68. The number of nitrogens with one attached hydrogen (secondary N) is 2. The second-order valence-electron chi connectivity index (χ2n) is 8.35. The summed E-state index contributed by atoms with van der Waals surface area (Å²) in [5.74, 6) is 0. The SMILES string of the molecule is CC(C)(C)OC(=O)NC1CCC(N[C@@H]2CCCc3cccnc32)CC1. The van der Waals surface area contributed by atoms with Crippen molar-refractivity contribution in [3.05, 3.63) is 29.6 Å². The first kappa shape index (κ1) is 18.2. The molecule has 1 saturated carbocycles. The molecule has 0 spiro atoms. The molecule has 5 heteroatoms. The molecule has 3 rings (SSSR count). The summed E-state index contributed by atoms with van der Waals surface area (Å²) in [5.41, 5.74) is 2.19. The molecule has 2 aliphatic rings. The Morgan fingerprint density at radius 2 is 1.88 bits per heavy atom. The maximum Gasteiger partial charge on any atom is 0.407 e. The Morgan fingerprint density at radius 1 is 1.16 bits per heavy atom. The molecule has 2 aliphatic carbocycles. The minimum atomic E-state index is -0.440. The quantitative estimate of drug-likeness (QED) is 0.872. The molecule has 1 fully saturated rings. The van der Waals surface area contributed by atoms with Crippen molar-refractivity contribution < 1.29 is 9.53 Å². The first-order valence-electron chi connectivity index (χ1n) is 9.60. The summed E-state index contributed by atoms with van der Waals surface area (Å²) in [7, 11) is 0. The zero-order valence-corrected chi connectivity index (χ0v) is 15.7. The minimum Gasteiger partial charge on any atom is -0.444 e. The molecular weight excluding hydrogens is 314 g/mol. The van der Waals surface area contributed by atoms with E-state index in [-0.39, 0.29) is 12.1 Å². The summed E-state index contributed by atoms with van der Waals surface area (Å²) in [4.78, 5) is 16.5. The number of fused-ring (bicyclic) bond motifs is 1. The molecule has 2 N–H and O–H groups in total. The molecule has 1 aromatic rings. The molecular formula is C20H31N3O2. The first-order chi connectivity index (χ1) is 11.9. The molecule has 0 unspecified atom stereocenters. The molecule has 0 saturated heterocycles. The summed E-state index contributed by atoms with van der Waals surface area (Å²) < 4.78 is 5.35. The smallest absolute Gasteiger partial charge is 0.407 e. The van der Waals surface area contributed by atoms with Gasteiger partial charge in [-0.2, -0.15) is 0 Å². The Labute approximate surface area is 150 Å². The van der Waals surface area contributed by atoms with Crippen LogP contribution < -0.4 is 10.6 Å². The maximum absolute atomic E-state index is 11.9. The number of pyridine rings is 1. The number of rotatable bonds is 3. The van der Waals surface area contributed by atoms with Gasteiger partial charge in [0.05, 0.1) is 5.69 Å². The minimum absolute atomic E-state index is 0.227. The number of amides is 1.